The van der Waals surface area contributed by atoms with E-state index >= 15 is 0 Å². The Morgan fingerprint density at radius 2 is 2.05 bits per heavy atom. The third kappa shape index (κ3) is 3.04. The second-order valence-corrected chi connectivity index (χ2v) is 5.71. The van der Waals surface area contributed by atoms with Crippen molar-refractivity contribution in [1.29, 1.82) is 0 Å². The van der Waals surface area contributed by atoms with Crippen molar-refractivity contribution >= 4 is 5.78 Å². The Morgan fingerprint density at radius 3 is 2.63 bits per heavy atom. The molecule has 0 bridgehead atoms. The van der Waals surface area contributed by atoms with Crippen LogP contribution in [0.5, 0.6) is 0 Å². The number of benzene rings is 1. The lowest BCUT2D eigenvalue weighted by Gasteiger charge is -2.45. The molecule has 0 spiro atoms. The van der Waals surface area contributed by atoms with Crippen LogP contribution in [0.3, 0.4) is 0 Å². The molecule has 1 aromatic rings. The van der Waals surface area contributed by atoms with Crippen LogP contribution in [0.25, 0.3) is 0 Å². The summed E-state index contributed by atoms with van der Waals surface area (Å²) in [5, 5.41) is 0. The number of hydrogen-bond acceptors (Lipinski definition) is 3. The van der Waals surface area contributed by atoms with E-state index in [2.05, 4.69) is 25.7 Å². The number of ether oxygens (including phenoxy) is 1. The second kappa shape index (κ2) is 5.85. The second-order valence-electron chi connectivity index (χ2n) is 5.71. The van der Waals surface area contributed by atoms with Gasteiger partial charge in [-0.1, -0.05) is 37.3 Å². The first-order valence-electron chi connectivity index (χ1n) is 7.00. The van der Waals surface area contributed by atoms with Gasteiger partial charge in [0.05, 0.1) is 19.3 Å². The van der Waals surface area contributed by atoms with E-state index < -0.39 is 0 Å². The minimum atomic E-state index is -0.0800. The van der Waals surface area contributed by atoms with E-state index in [0.29, 0.717) is 13.2 Å². The number of rotatable bonds is 4. The summed E-state index contributed by atoms with van der Waals surface area (Å²) in [6.45, 7) is 8.59. The molecule has 3 heteroatoms. The van der Waals surface area contributed by atoms with Crippen molar-refractivity contribution in [2.75, 3.05) is 19.8 Å². The fourth-order valence-corrected chi connectivity index (χ4v) is 2.79. The van der Waals surface area contributed by atoms with Gasteiger partial charge in [-0.3, -0.25) is 9.69 Å². The van der Waals surface area contributed by atoms with Gasteiger partial charge in [0, 0.05) is 17.6 Å². The third-order valence-corrected chi connectivity index (χ3v) is 3.83. The normalized spacial score (nSPS) is 21.0. The highest BCUT2D eigenvalue weighted by molar-refractivity contribution is 6.00. The van der Waals surface area contributed by atoms with Crippen molar-refractivity contribution in [1.82, 2.24) is 4.90 Å². The number of Topliss-reactive ketones (excluding diaryl/α,β-unsaturated/α-hetero) is 1. The highest BCUT2D eigenvalue weighted by Gasteiger charge is 2.37. The van der Waals surface area contributed by atoms with Gasteiger partial charge in [0.2, 0.25) is 0 Å². The highest BCUT2D eigenvalue weighted by Crippen LogP contribution is 2.25. The SMILES string of the molecule is CCC(C(=O)c1ccccc1)N1CCOCC1(C)C. The van der Waals surface area contributed by atoms with Crippen molar-refractivity contribution < 1.29 is 9.53 Å². The van der Waals surface area contributed by atoms with Crippen LogP contribution in [0.15, 0.2) is 30.3 Å². The van der Waals surface area contributed by atoms with Crippen LogP contribution >= 0.6 is 0 Å². The van der Waals surface area contributed by atoms with Crippen molar-refractivity contribution in [2.45, 2.75) is 38.8 Å². The smallest absolute Gasteiger partial charge is 0.179 e. The van der Waals surface area contributed by atoms with Crippen LogP contribution in [0.1, 0.15) is 37.6 Å². The molecule has 0 radical (unpaired) electrons. The zero-order valence-corrected chi connectivity index (χ0v) is 12.1. The molecule has 1 atom stereocenters. The fraction of sp³-hybridized carbons (Fsp3) is 0.562. The molecule has 0 amide bonds. The van der Waals surface area contributed by atoms with Gasteiger partial charge in [0.25, 0.3) is 0 Å². The molecule has 104 valence electrons. The maximum Gasteiger partial charge on any atom is 0.179 e. The Kier molecular flexibility index (Phi) is 4.38. The van der Waals surface area contributed by atoms with Gasteiger partial charge in [0.1, 0.15) is 0 Å². The molecule has 1 heterocycles. The van der Waals surface area contributed by atoms with Gasteiger partial charge in [0.15, 0.2) is 5.78 Å². The summed E-state index contributed by atoms with van der Waals surface area (Å²) < 4.78 is 5.54. The molecule has 2 rings (SSSR count). The molecule has 0 aliphatic carbocycles. The first-order chi connectivity index (χ1) is 9.06. The highest BCUT2D eigenvalue weighted by atomic mass is 16.5. The maximum absolute atomic E-state index is 12.7. The molecular weight excluding hydrogens is 238 g/mol. The van der Waals surface area contributed by atoms with Crippen LogP contribution in [0.2, 0.25) is 0 Å². The lowest BCUT2D eigenvalue weighted by atomic mass is 9.93. The van der Waals surface area contributed by atoms with Crippen LogP contribution < -0.4 is 0 Å². The number of carbonyl (C=O) groups excluding carboxylic acids is 1. The van der Waals surface area contributed by atoms with E-state index in [9.17, 15) is 4.79 Å². The van der Waals surface area contributed by atoms with E-state index in [1.54, 1.807) is 0 Å². The van der Waals surface area contributed by atoms with Crippen molar-refractivity contribution in [2.24, 2.45) is 0 Å². The number of hydrogen-bond donors (Lipinski definition) is 0. The van der Waals surface area contributed by atoms with Crippen LogP contribution in [-0.4, -0.2) is 42.0 Å². The molecule has 1 unspecified atom stereocenters. The van der Waals surface area contributed by atoms with Gasteiger partial charge < -0.3 is 4.74 Å². The monoisotopic (exact) mass is 261 g/mol. The van der Waals surface area contributed by atoms with Crippen LogP contribution in [0, 0.1) is 0 Å². The Bertz CT molecular complexity index is 428. The fourth-order valence-electron chi connectivity index (χ4n) is 2.79. The standard InChI is InChI=1S/C16H23NO2/c1-4-14(15(18)13-8-6-5-7-9-13)17-10-11-19-12-16(17,2)3/h5-9,14H,4,10-12H2,1-3H3. The van der Waals surface area contributed by atoms with Gasteiger partial charge >= 0.3 is 0 Å². The molecule has 0 saturated carbocycles. The van der Waals surface area contributed by atoms with Crippen molar-refractivity contribution in [3.05, 3.63) is 35.9 Å². The van der Waals surface area contributed by atoms with Crippen molar-refractivity contribution in [3.63, 3.8) is 0 Å². The molecule has 1 aliphatic rings. The number of carbonyl (C=O) groups is 1. The largest absolute Gasteiger partial charge is 0.378 e. The van der Waals surface area contributed by atoms with Gasteiger partial charge in [-0.2, -0.15) is 0 Å². The van der Waals surface area contributed by atoms with E-state index in [-0.39, 0.29) is 17.4 Å². The average Bonchev–Trinajstić information content (AvgIpc) is 2.42. The Hall–Kier alpha value is -1.19. The summed E-state index contributed by atoms with van der Waals surface area (Å²) in [5.41, 5.74) is 0.722. The van der Waals surface area contributed by atoms with Gasteiger partial charge in [-0.25, -0.2) is 0 Å². The summed E-state index contributed by atoms with van der Waals surface area (Å²) >= 11 is 0. The number of ketones is 1. The van der Waals surface area contributed by atoms with Gasteiger partial charge in [-0.15, -0.1) is 0 Å². The van der Waals surface area contributed by atoms with Crippen LogP contribution in [-0.2, 0) is 4.74 Å². The third-order valence-electron chi connectivity index (χ3n) is 3.83. The van der Waals surface area contributed by atoms with E-state index in [4.69, 9.17) is 4.74 Å². The Balaban J connectivity index is 2.22. The number of morpholine rings is 1. The number of nitrogens with zero attached hydrogens (tertiary/aromatic N) is 1. The predicted octanol–water partition coefficient (Wildman–Crippen LogP) is 2.76. The molecule has 1 fully saturated rings. The van der Waals surface area contributed by atoms with E-state index in [1.165, 1.54) is 0 Å². The van der Waals surface area contributed by atoms with Gasteiger partial charge in [-0.05, 0) is 20.3 Å². The molecule has 1 aromatic carbocycles. The lowest BCUT2D eigenvalue weighted by molar-refractivity contribution is -0.0660. The Morgan fingerprint density at radius 1 is 1.37 bits per heavy atom. The summed E-state index contributed by atoms with van der Waals surface area (Å²) in [7, 11) is 0. The first kappa shape index (κ1) is 14.2. The summed E-state index contributed by atoms with van der Waals surface area (Å²) in [6.07, 6.45) is 0.831. The molecule has 1 aliphatic heterocycles. The maximum atomic E-state index is 12.7. The summed E-state index contributed by atoms with van der Waals surface area (Å²) in [5.74, 6) is 0.220. The predicted molar refractivity (Wildman–Crippen MR) is 76.5 cm³/mol. The van der Waals surface area contributed by atoms with Crippen molar-refractivity contribution in [3.8, 4) is 0 Å². The molecular formula is C16H23NO2. The zero-order valence-electron chi connectivity index (χ0n) is 12.1. The minimum Gasteiger partial charge on any atom is -0.378 e. The molecule has 0 aromatic heterocycles. The van der Waals surface area contributed by atoms with E-state index in [0.717, 1.165) is 18.5 Å². The van der Waals surface area contributed by atoms with Crippen LogP contribution in [0.4, 0.5) is 0 Å². The topological polar surface area (TPSA) is 29.5 Å². The zero-order chi connectivity index (χ0) is 13.9. The molecule has 19 heavy (non-hydrogen) atoms. The molecule has 3 nitrogen and oxygen atoms in total. The lowest BCUT2D eigenvalue weighted by Crippen LogP contribution is -2.59. The summed E-state index contributed by atoms with van der Waals surface area (Å²) in [4.78, 5) is 15.0. The Labute approximate surface area is 115 Å². The minimum absolute atomic E-state index is 0.0544. The summed E-state index contributed by atoms with van der Waals surface area (Å²) in [6, 6.07) is 9.53. The average molecular weight is 261 g/mol. The molecule has 1 saturated heterocycles. The first-order valence-corrected chi connectivity index (χ1v) is 7.00. The van der Waals surface area contributed by atoms with E-state index in [1.807, 2.05) is 30.3 Å². The quantitative estimate of drug-likeness (QED) is 0.781. The molecule has 0 N–H and O–H groups in total.